The number of rotatable bonds is 7. The van der Waals surface area contributed by atoms with Crippen LogP contribution in [0.25, 0.3) is 33.8 Å². The average Bonchev–Trinajstić information content (AvgIpc) is 3.67. The van der Waals surface area contributed by atoms with Gasteiger partial charge in [0.25, 0.3) is 0 Å². The summed E-state index contributed by atoms with van der Waals surface area (Å²) in [6.45, 7) is 2.66. The van der Waals surface area contributed by atoms with E-state index in [0.717, 1.165) is 12.3 Å². The van der Waals surface area contributed by atoms with E-state index in [9.17, 15) is 27.6 Å². The molecule has 3 aromatic carbocycles. The highest BCUT2D eigenvalue weighted by Crippen LogP contribution is 2.45. The van der Waals surface area contributed by atoms with Crippen LogP contribution in [0.3, 0.4) is 0 Å². The van der Waals surface area contributed by atoms with Gasteiger partial charge in [0, 0.05) is 35.6 Å². The molecule has 2 aliphatic heterocycles. The molecule has 0 amide bonds. The van der Waals surface area contributed by atoms with E-state index in [-0.39, 0.29) is 27.5 Å². The number of ether oxygens (including phenoxy) is 3. The number of benzene rings is 3. The molecule has 0 bridgehead atoms. The van der Waals surface area contributed by atoms with Gasteiger partial charge < -0.3 is 24.6 Å². The second-order valence-electron chi connectivity index (χ2n) is 11.0. The first-order valence-electron chi connectivity index (χ1n) is 14.0. The Labute approximate surface area is 262 Å². The number of aromatic nitrogens is 2. The Morgan fingerprint density at radius 3 is 2.48 bits per heavy atom. The number of nitriles is 1. The molecule has 3 heterocycles. The fraction of sp³-hybridized carbons (Fsp3) is 0.250. The summed E-state index contributed by atoms with van der Waals surface area (Å²) in [5.74, 6) is -1.39. The van der Waals surface area contributed by atoms with Crippen LogP contribution >= 0.6 is 0 Å². The van der Waals surface area contributed by atoms with Gasteiger partial charge in [-0.3, -0.25) is 4.68 Å². The van der Waals surface area contributed by atoms with E-state index in [1.807, 2.05) is 0 Å². The highest BCUT2D eigenvalue weighted by molar-refractivity contribution is 7.90. The maximum Gasteiger partial charge on any atom is 0.586 e. The Hall–Kier alpha value is -5.00. The second-order valence-corrected chi connectivity index (χ2v) is 13.0. The van der Waals surface area contributed by atoms with Crippen molar-refractivity contribution >= 4 is 21.3 Å². The van der Waals surface area contributed by atoms with Gasteiger partial charge in [0.05, 0.1) is 40.6 Å². The third-order valence-electron chi connectivity index (χ3n) is 7.68. The van der Waals surface area contributed by atoms with Gasteiger partial charge >= 0.3 is 6.29 Å². The molecule has 2 unspecified atom stereocenters. The summed E-state index contributed by atoms with van der Waals surface area (Å²) < 4.78 is 84.9. The second kappa shape index (κ2) is 11.1. The molecule has 0 radical (unpaired) electrons. The zero-order chi connectivity index (χ0) is 33.1. The number of nitrogens with zero attached hydrogens (tertiary/aromatic N) is 3. The lowest BCUT2D eigenvalue weighted by molar-refractivity contribution is -0.286. The van der Waals surface area contributed by atoms with E-state index >= 15 is 4.39 Å². The number of nitrogens with one attached hydrogen (secondary N) is 1. The highest BCUT2D eigenvalue weighted by atomic mass is 32.2. The van der Waals surface area contributed by atoms with Crippen molar-refractivity contribution in [1.82, 2.24) is 15.1 Å². The Balaban J connectivity index is 1.59. The number of hydrogen-bond acceptors (Lipinski definition) is 9. The molecule has 46 heavy (non-hydrogen) atoms. The molecule has 0 saturated carbocycles. The maximum atomic E-state index is 15.2. The quantitative estimate of drug-likeness (QED) is 0.264. The van der Waals surface area contributed by atoms with Crippen molar-refractivity contribution in [3.63, 3.8) is 0 Å². The van der Waals surface area contributed by atoms with Crippen LogP contribution in [-0.2, 0) is 28.2 Å². The molecule has 2 aliphatic rings. The topological polar surface area (TPSA) is 136 Å². The van der Waals surface area contributed by atoms with Crippen molar-refractivity contribution < 1.29 is 40.9 Å². The van der Waals surface area contributed by atoms with Gasteiger partial charge in [0.1, 0.15) is 5.82 Å². The summed E-state index contributed by atoms with van der Waals surface area (Å²) >= 11 is 0. The first-order valence-corrected chi connectivity index (χ1v) is 15.9. The zero-order valence-electron chi connectivity index (χ0n) is 24.9. The fourth-order valence-electron chi connectivity index (χ4n) is 5.47. The molecule has 0 aliphatic carbocycles. The van der Waals surface area contributed by atoms with E-state index in [2.05, 4.69) is 26.0 Å². The SMILES string of the molecule is CC1NC(c2ccc3c(c2)OC(F)(F)O3)=C(c2cc(-c3cc(F)c(CO)c(S(C)(=O)=O)c3)ccc2-c2cc(C(C)C#N)nn2C)O1. The first kappa shape index (κ1) is 31.0. The van der Waals surface area contributed by atoms with Crippen molar-refractivity contribution in [2.75, 3.05) is 6.26 Å². The fourth-order valence-corrected chi connectivity index (χ4v) is 6.42. The monoisotopic (exact) mass is 652 g/mol. The minimum atomic E-state index is -3.91. The predicted molar refractivity (Wildman–Crippen MR) is 160 cm³/mol. The third-order valence-corrected chi connectivity index (χ3v) is 8.84. The summed E-state index contributed by atoms with van der Waals surface area (Å²) in [7, 11) is -2.20. The van der Waals surface area contributed by atoms with Gasteiger partial charge in [0.15, 0.2) is 33.3 Å². The van der Waals surface area contributed by atoms with Gasteiger partial charge in [0.2, 0.25) is 0 Å². The maximum absolute atomic E-state index is 15.2. The number of sulfone groups is 1. The van der Waals surface area contributed by atoms with Crippen LogP contribution in [0, 0.1) is 17.1 Å². The minimum absolute atomic E-state index is 0.130. The smallest absolute Gasteiger partial charge is 0.468 e. The predicted octanol–water partition coefficient (Wildman–Crippen LogP) is 5.53. The molecule has 238 valence electrons. The van der Waals surface area contributed by atoms with Crippen molar-refractivity contribution in [2.45, 2.75) is 43.8 Å². The third kappa shape index (κ3) is 5.52. The van der Waals surface area contributed by atoms with Gasteiger partial charge in [-0.1, -0.05) is 12.1 Å². The molecule has 2 N–H and O–H groups in total. The molecule has 0 spiro atoms. The van der Waals surface area contributed by atoms with Crippen LogP contribution in [0.2, 0.25) is 0 Å². The van der Waals surface area contributed by atoms with Crippen molar-refractivity contribution in [3.8, 4) is 40.0 Å². The molecule has 0 saturated heterocycles. The largest absolute Gasteiger partial charge is 0.586 e. The van der Waals surface area contributed by atoms with Crippen molar-refractivity contribution in [3.05, 3.63) is 82.8 Å². The molecule has 10 nitrogen and oxygen atoms in total. The number of alkyl halides is 2. The summed E-state index contributed by atoms with van der Waals surface area (Å²) in [5.41, 5.74) is 3.37. The molecule has 4 aromatic rings. The van der Waals surface area contributed by atoms with Crippen LogP contribution in [0.1, 0.15) is 42.1 Å². The average molecular weight is 653 g/mol. The van der Waals surface area contributed by atoms with Gasteiger partial charge in [-0.15, -0.1) is 8.78 Å². The molecule has 6 rings (SSSR count). The lowest BCUT2D eigenvalue weighted by Crippen LogP contribution is -2.25. The Bertz CT molecular complexity index is 2090. The molecular formula is C32H27F3N4O6S. The highest BCUT2D eigenvalue weighted by Gasteiger charge is 2.43. The van der Waals surface area contributed by atoms with Crippen LogP contribution in [0.4, 0.5) is 13.2 Å². The van der Waals surface area contributed by atoms with Crippen molar-refractivity contribution in [1.29, 1.82) is 5.26 Å². The number of hydrogen-bond donors (Lipinski definition) is 2. The van der Waals surface area contributed by atoms with E-state index < -0.39 is 40.7 Å². The number of aryl methyl sites for hydroxylation is 1. The van der Waals surface area contributed by atoms with E-state index in [4.69, 9.17) is 4.74 Å². The van der Waals surface area contributed by atoms with Crippen LogP contribution < -0.4 is 14.8 Å². The van der Waals surface area contributed by atoms with Crippen LogP contribution in [0.15, 0.2) is 59.5 Å². The van der Waals surface area contributed by atoms with Crippen molar-refractivity contribution in [2.24, 2.45) is 7.05 Å². The number of halogens is 3. The standard InChI is InChI=1S/C32H27F3N4O6S/c1-16(14-36)25-13-26(39(3)38-25)21-7-5-18(20-10-24(33)23(15-40)29(12-20)46(4,41)42)9-22(21)31-30(37-17(2)43-31)19-6-8-27-28(11-19)45-32(34,35)44-27/h5-13,16-17,37,40H,15H2,1-4H3. The molecule has 1 aromatic heterocycles. The number of fused-ring (bicyclic) bond motifs is 1. The number of aliphatic hydroxyl groups is 1. The summed E-state index contributed by atoms with van der Waals surface area (Å²) in [6.07, 6.45) is -3.44. The molecule has 2 atom stereocenters. The number of aliphatic hydroxyl groups excluding tert-OH is 1. The summed E-state index contributed by atoms with van der Waals surface area (Å²) in [6, 6.07) is 15.8. The normalized spacial score (nSPS) is 17.4. The Kier molecular flexibility index (Phi) is 7.49. The lowest BCUT2D eigenvalue weighted by Gasteiger charge is -2.16. The Morgan fingerprint density at radius 1 is 1.07 bits per heavy atom. The van der Waals surface area contributed by atoms with Gasteiger partial charge in [-0.05, 0) is 67.4 Å². The summed E-state index contributed by atoms with van der Waals surface area (Å²) in [4.78, 5) is -0.345. The van der Waals surface area contributed by atoms with E-state index in [1.54, 1.807) is 55.9 Å². The van der Waals surface area contributed by atoms with E-state index in [0.29, 0.717) is 45.1 Å². The van der Waals surface area contributed by atoms with E-state index in [1.165, 1.54) is 18.2 Å². The van der Waals surface area contributed by atoms with Crippen LogP contribution in [0.5, 0.6) is 11.5 Å². The van der Waals surface area contributed by atoms with Crippen LogP contribution in [-0.4, -0.2) is 42.1 Å². The molecular weight excluding hydrogens is 625 g/mol. The van der Waals surface area contributed by atoms with Gasteiger partial charge in [-0.25, -0.2) is 12.8 Å². The molecule has 14 heteroatoms. The zero-order valence-corrected chi connectivity index (χ0v) is 25.7. The summed E-state index contributed by atoms with van der Waals surface area (Å²) in [5, 5.41) is 26.9. The van der Waals surface area contributed by atoms with Gasteiger partial charge in [-0.2, -0.15) is 10.4 Å². The lowest BCUT2D eigenvalue weighted by atomic mass is 9.94. The Morgan fingerprint density at radius 2 is 1.78 bits per heavy atom. The molecule has 0 fully saturated rings. The minimum Gasteiger partial charge on any atom is -0.468 e. The first-order chi connectivity index (χ1) is 21.7.